The normalized spacial score (nSPS) is 15.6. The van der Waals surface area contributed by atoms with E-state index < -0.39 is 34.7 Å². The van der Waals surface area contributed by atoms with E-state index in [1.54, 1.807) is 27.7 Å². The summed E-state index contributed by atoms with van der Waals surface area (Å²) >= 11 is 0. The molecule has 0 amide bonds. The van der Waals surface area contributed by atoms with Crippen LogP contribution in [0.2, 0.25) is 0 Å². The zero-order chi connectivity index (χ0) is 24.9. The number of hydrogen-bond donors (Lipinski definition) is 0. The number of ether oxygens (including phenoxy) is 4. The van der Waals surface area contributed by atoms with Gasteiger partial charge < -0.3 is 18.9 Å². The molecule has 182 valence electrons. The molecule has 0 unspecified atom stereocenters. The van der Waals surface area contributed by atoms with Gasteiger partial charge in [-0.3, -0.25) is 19.2 Å². The molecule has 0 N–H and O–H groups in total. The second-order valence-corrected chi connectivity index (χ2v) is 8.01. The Morgan fingerprint density at radius 1 is 0.618 bits per heavy atom. The van der Waals surface area contributed by atoms with E-state index >= 15 is 0 Å². The molecule has 2 aromatic carbocycles. The molecule has 0 fully saturated rings. The monoisotopic (exact) mass is 470 g/mol. The van der Waals surface area contributed by atoms with E-state index in [1.807, 2.05) is 36.4 Å². The van der Waals surface area contributed by atoms with Gasteiger partial charge in [-0.1, -0.05) is 36.4 Å². The number of esters is 4. The van der Waals surface area contributed by atoms with Crippen LogP contribution in [0.4, 0.5) is 0 Å². The zero-order valence-corrected chi connectivity index (χ0v) is 20.0. The number of hydrogen-bond acceptors (Lipinski definition) is 8. The topological polar surface area (TPSA) is 105 Å². The summed E-state index contributed by atoms with van der Waals surface area (Å²) in [6, 6.07) is 11.3. The molecule has 0 saturated carbocycles. The molecule has 1 aliphatic carbocycles. The van der Waals surface area contributed by atoms with E-state index in [4.69, 9.17) is 18.9 Å². The SMILES string of the molecule is CCOC(=O)C1(C(=O)OCC)Cc2cc3ccccc3cc2CC1(C(=O)OCC)C(=O)OCC. The van der Waals surface area contributed by atoms with E-state index in [9.17, 15) is 19.2 Å². The largest absolute Gasteiger partial charge is 0.465 e. The molecule has 0 heterocycles. The lowest BCUT2D eigenvalue weighted by Crippen LogP contribution is -2.66. The Balaban J connectivity index is 2.41. The van der Waals surface area contributed by atoms with Crippen molar-refractivity contribution in [1.29, 1.82) is 0 Å². The molecule has 0 bridgehead atoms. The van der Waals surface area contributed by atoms with Gasteiger partial charge in [0, 0.05) is 12.8 Å². The lowest BCUT2D eigenvalue weighted by atomic mass is 9.54. The van der Waals surface area contributed by atoms with Crippen LogP contribution < -0.4 is 0 Å². The Hall–Kier alpha value is -3.42. The van der Waals surface area contributed by atoms with E-state index in [0.29, 0.717) is 11.1 Å². The molecule has 8 heteroatoms. The standard InChI is InChI=1S/C26H30O8/c1-5-31-21(27)25(22(28)32-6-2)15-19-13-17-11-9-10-12-18(17)14-20(19)16-26(25,23(29)33-7-3)24(30)34-8-4/h9-14H,5-8,15-16H2,1-4H3. The highest BCUT2D eigenvalue weighted by Gasteiger charge is 2.74. The minimum Gasteiger partial charge on any atom is -0.465 e. The van der Waals surface area contributed by atoms with Crippen molar-refractivity contribution in [2.24, 2.45) is 10.8 Å². The average Bonchev–Trinajstić information content (AvgIpc) is 2.82. The lowest BCUT2D eigenvalue weighted by molar-refractivity contribution is -0.204. The zero-order valence-electron chi connectivity index (χ0n) is 20.0. The van der Waals surface area contributed by atoms with Gasteiger partial charge in [-0.25, -0.2) is 0 Å². The van der Waals surface area contributed by atoms with Crippen LogP contribution in [0.5, 0.6) is 0 Å². The second kappa shape index (κ2) is 10.2. The van der Waals surface area contributed by atoms with Crippen molar-refractivity contribution in [1.82, 2.24) is 0 Å². The molecule has 0 radical (unpaired) electrons. The average molecular weight is 471 g/mol. The van der Waals surface area contributed by atoms with Gasteiger partial charge in [0.1, 0.15) is 0 Å². The van der Waals surface area contributed by atoms with Gasteiger partial charge in [0.2, 0.25) is 0 Å². The minimum absolute atomic E-state index is 0.0632. The summed E-state index contributed by atoms with van der Waals surface area (Å²) in [4.78, 5) is 54.4. The maximum absolute atomic E-state index is 13.6. The third-order valence-corrected chi connectivity index (χ3v) is 6.20. The Kier molecular flexibility index (Phi) is 7.59. The lowest BCUT2D eigenvalue weighted by Gasteiger charge is -2.46. The molecule has 0 aliphatic heterocycles. The molecule has 34 heavy (non-hydrogen) atoms. The minimum atomic E-state index is -2.31. The summed E-state index contributed by atoms with van der Waals surface area (Å²) in [6.45, 7) is 6.07. The predicted molar refractivity (Wildman–Crippen MR) is 123 cm³/mol. The first-order valence-corrected chi connectivity index (χ1v) is 11.5. The van der Waals surface area contributed by atoms with Crippen molar-refractivity contribution < 1.29 is 38.1 Å². The van der Waals surface area contributed by atoms with E-state index in [2.05, 4.69) is 0 Å². The molecule has 0 atom stereocenters. The Bertz CT molecular complexity index is 981. The molecule has 8 nitrogen and oxygen atoms in total. The van der Waals surface area contributed by atoms with Crippen molar-refractivity contribution in [2.45, 2.75) is 40.5 Å². The molecule has 0 aromatic heterocycles. The molecule has 3 rings (SSSR count). The van der Waals surface area contributed by atoms with Gasteiger partial charge in [-0.15, -0.1) is 0 Å². The third kappa shape index (κ3) is 3.91. The fourth-order valence-electron chi connectivity index (χ4n) is 4.71. The number of benzene rings is 2. The van der Waals surface area contributed by atoms with E-state index in [-0.39, 0.29) is 39.3 Å². The van der Waals surface area contributed by atoms with Crippen molar-refractivity contribution >= 4 is 34.6 Å². The van der Waals surface area contributed by atoms with Gasteiger partial charge >= 0.3 is 23.9 Å². The summed E-state index contributed by atoms with van der Waals surface area (Å²) in [7, 11) is 0. The van der Waals surface area contributed by atoms with Crippen molar-refractivity contribution in [3.05, 3.63) is 47.5 Å². The maximum atomic E-state index is 13.6. The number of rotatable bonds is 8. The Labute approximate surface area is 198 Å². The summed E-state index contributed by atoms with van der Waals surface area (Å²) in [5.74, 6) is -4.08. The van der Waals surface area contributed by atoms with Crippen LogP contribution >= 0.6 is 0 Å². The van der Waals surface area contributed by atoms with Gasteiger partial charge in [0.25, 0.3) is 0 Å². The third-order valence-electron chi connectivity index (χ3n) is 6.20. The quantitative estimate of drug-likeness (QED) is 0.329. The smallest absolute Gasteiger partial charge is 0.325 e. The Morgan fingerprint density at radius 2 is 0.912 bits per heavy atom. The van der Waals surface area contributed by atoms with Crippen LogP contribution in [0.25, 0.3) is 10.8 Å². The fraction of sp³-hybridized carbons (Fsp3) is 0.462. The highest BCUT2D eigenvalue weighted by atomic mass is 16.6. The predicted octanol–water partition coefficient (Wildman–Crippen LogP) is 3.16. The van der Waals surface area contributed by atoms with E-state index in [0.717, 1.165) is 10.8 Å². The highest BCUT2D eigenvalue weighted by molar-refractivity contribution is 6.15. The van der Waals surface area contributed by atoms with Crippen LogP contribution in [0.1, 0.15) is 38.8 Å². The second-order valence-electron chi connectivity index (χ2n) is 8.01. The first kappa shape index (κ1) is 25.2. The van der Waals surface area contributed by atoms with Gasteiger partial charge in [0.05, 0.1) is 26.4 Å². The maximum Gasteiger partial charge on any atom is 0.325 e. The molecule has 2 aromatic rings. The van der Waals surface area contributed by atoms with Crippen LogP contribution in [-0.4, -0.2) is 50.3 Å². The van der Waals surface area contributed by atoms with Crippen LogP contribution in [0.15, 0.2) is 36.4 Å². The number of carbonyl (C=O) groups is 4. The highest BCUT2D eigenvalue weighted by Crippen LogP contribution is 2.53. The van der Waals surface area contributed by atoms with Gasteiger partial charge in [-0.2, -0.15) is 0 Å². The molecular formula is C26H30O8. The van der Waals surface area contributed by atoms with Crippen LogP contribution in [0.3, 0.4) is 0 Å². The molecule has 0 spiro atoms. The summed E-state index contributed by atoms with van der Waals surface area (Å²) in [6.07, 6.45) is -0.551. The molecular weight excluding hydrogens is 440 g/mol. The first-order valence-electron chi connectivity index (χ1n) is 11.5. The van der Waals surface area contributed by atoms with Crippen LogP contribution in [-0.2, 0) is 51.0 Å². The van der Waals surface area contributed by atoms with E-state index in [1.165, 1.54) is 0 Å². The fourth-order valence-corrected chi connectivity index (χ4v) is 4.71. The van der Waals surface area contributed by atoms with Crippen molar-refractivity contribution in [3.63, 3.8) is 0 Å². The summed E-state index contributed by atoms with van der Waals surface area (Å²) in [5.41, 5.74) is -3.34. The van der Waals surface area contributed by atoms with Gasteiger partial charge in [-0.05, 0) is 49.6 Å². The van der Waals surface area contributed by atoms with Crippen molar-refractivity contribution in [3.8, 4) is 0 Å². The first-order chi connectivity index (χ1) is 16.3. The van der Waals surface area contributed by atoms with Crippen molar-refractivity contribution in [2.75, 3.05) is 26.4 Å². The van der Waals surface area contributed by atoms with Gasteiger partial charge in [0.15, 0.2) is 10.8 Å². The Morgan fingerprint density at radius 3 is 1.18 bits per heavy atom. The summed E-state index contributed by atoms with van der Waals surface area (Å²) in [5, 5.41) is 1.78. The molecule has 0 saturated heterocycles. The molecule has 1 aliphatic rings. The summed E-state index contributed by atoms with van der Waals surface area (Å²) < 4.78 is 21.2. The number of fused-ring (bicyclic) bond motifs is 2. The van der Waals surface area contributed by atoms with Crippen LogP contribution in [0, 0.1) is 10.8 Å². The number of carbonyl (C=O) groups excluding carboxylic acids is 4.